The van der Waals surface area contributed by atoms with E-state index in [1.54, 1.807) is 0 Å². The molecule has 9 heteroatoms. The molecule has 1 rings (SSSR count). The minimum absolute atomic E-state index is 0.308. The van der Waals surface area contributed by atoms with Crippen LogP contribution in [0, 0.1) is 0 Å². The smallest absolute Gasteiger partial charge is 0.328 e. The zero-order valence-electron chi connectivity index (χ0n) is 15.4. The third-order valence-electron chi connectivity index (χ3n) is 3.93. The molecule has 0 heterocycles. The Labute approximate surface area is 162 Å². The van der Waals surface area contributed by atoms with Gasteiger partial charge in [0.15, 0.2) is 6.04 Å². The molecule has 1 aromatic carbocycles. The summed E-state index contributed by atoms with van der Waals surface area (Å²) in [6.07, 6.45) is 1.20. The van der Waals surface area contributed by atoms with E-state index in [1.165, 1.54) is 18.7 Å². The number of thioether (sulfide) groups is 1. The lowest BCUT2D eigenvalue weighted by Crippen LogP contribution is -2.56. The van der Waals surface area contributed by atoms with Crippen molar-refractivity contribution in [1.82, 2.24) is 10.6 Å². The van der Waals surface area contributed by atoms with Crippen molar-refractivity contribution in [2.75, 3.05) is 12.0 Å². The first-order valence-corrected chi connectivity index (χ1v) is 9.95. The first-order valence-electron chi connectivity index (χ1n) is 8.56. The molecule has 0 bridgehead atoms. The van der Waals surface area contributed by atoms with Crippen LogP contribution in [-0.4, -0.2) is 64.2 Å². The van der Waals surface area contributed by atoms with Crippen LogP contribution in [0.3, 0.4) is 0 Å². The zero-order valence-corrected chi connectivity index (χ0v) is 16.2. The lowest BCUT2D eigenvalue weighted by Gasteiger charge is -2.23. The van der Waals surface area contributed by atoms with Crippen LogP contribution in [0.15, 0.2) is 30.3 Å². The van der Waals surface area contributed by atoms with E-state index in [2.05, 4.69) is 10.6 Å². The topological polar surface area (TPSA) is 142 Å². The van der Waals surface area contributed by atoms with E-state index >= 15 is 0 Å². The summed E-state index contributed by atoms with van der Waals surface area (Å²) in [5.74, 6) is -1.94. The second-order valence-corrected chi connectivity index (χ2v) is 7.19. The number of carboxylic acids is 1. The van der Waals surface area contributed by atoms with Crippen LogP contribution in [0.4, 0.5) is 0 Å². The van der Waals surface area contributed by atoms with Crippen molar-refractivity contribution in [3.8, 4) is 0 Å². The normalized spacial score (nSPS) is 15.3. The van der Waals surface area contributed by atoms with Crippen LogP contribution in [0.5, 0.6) is 0 Å². The fourth-order valence-corrected chi connectivity index (χ4v) is 2.86. The Morgan fingerprint density at radius 2 is 1.78 bits per heavy atom. The molecule has 0 aliphatic carbocycles. The number of hydrogen-bond acceptors (Lipinski definition) is 6. The van der Waals surface area contributed by atoms with E-state index in [4.69, 9.17) is 10.8 Å². The lowest BCUT2D eigenvalue weighted by molar-refractivity contribution is -0.145. The number of rotatable bonds is 11. The van der Waals surface area contributed by atoms with Crippen LogP contribution in [0.2, 0.25) is 0 Å². The van der Waals surface area contributed by atoms with Gasteiger partial charge < -0.3 is 26.6 Å². The third kappa shape index (κ3) is 7.98. The number of carboxylic acid groups (broad SMARTS) is 1. The molecule has 0 spiro atoms. The molecule has 0 saturated carbocycles. The standard InChI is InChI=1S/C18H27N3O5S/c1-11(22)15(18(25)26)21-17(24)14(8-9-27-2)20-16(23)13(19)10-12-6-4-3-5-7-12/h3-7,11,13-15,22H,8-10,19H2,1-2H3,(H,20,23)(H,21,24)(H,25,26)/t11-,13+,14+,15+/m1/s1. The van der Waals surface area contributed by atoms with Gasteiger partial charge in [-0.1, -0.05) is 30.3 Å². The van der Waals surface area contributed by atoms with Gasteiger partial charge in [0.1, 0.15) is 6.04 Å². The maximum Gasteiger partial charge on any atom is 0.328 e. The molecule has 0 aromatic heterocycles. The molecule has 6 N–H and O–H groups in total. The van der Waals surface area contributed by atoms with Crippen LogP contribution >= 0.6 is 11.8 Å². The molecule has 27 heavy (non-hydrogen) atoms. The minimum atomic E-state index is -1.45. The number of hydrogen-bond donors (Lipinski definition) is 5. The van der Waals surface area contributed by atoms with E-state index < -0.39 is 42.0 Å². The molecule has 0 aliphatic rings. The summed E-state index contributed by atoms with van der Waals surface area (Å²) in [5.41, 5.74) is 6.83. The first-order chi connectivity index (χ1) is 12.8. The number of benzene rings is 1. The highest BCUT2D eigenvalue weighted by Gasteiger charge is 2.30. The summed E-state index contributed by atoms with van der Waals surface area (Å²) in [4.78, 5) is 36.0. The largest absolute Gasteiger partial charge is 0.480 e. The van der Waals surface area contributed by atoms with Crippen molar-refractivity contribution in [2.24, 2.45) is 5.73 Å². The SMILES string of the molecule is CSCC[C@H](NC(=O)[C@@H](N)Cc1ccccc1)C(=O)N[C@H](C(=O)O)[C@@H](C)O. The first kappa shape index (κ1) is 22.9. The number of aliphatic carboxylic acids is 1. The third-order valence-corrected chi connectivity index (χ3v) is 4.57. The highest BCUT2D eigenvalue weighted by Crippen LogP contribution is 2.05. The summed E-state index contributed by atoms with van der Waals surface area (Å²) >= 11 is 1.49. The van der Waals surface area contributed by atoms with Gasteiger partial charge in [-0.05, 0) is 37.3 Å². The number of aliphatic hydroxyl groups is 1. The second-order valence-electron chi connectivity index (χ2n) is 6.20. The number of carbonyl (C=O) groups is 3. The molecule has 1 aromatic rings. The zero-order chi connectivity index (χ0) is 20.4. The molecule has 0 radical (unpaired) electrons. The Morgan fingerprint density at radius 3 is 2.30 bits per heavy atom. The molecule has 4 atom stereocenters. The van der Waals surface area contributed by atoms with Crippen LogP contribution in [0.25, 0.3) is 0 Å². The van der Waals surface area contributed by atoms with Gasteiger partial charge >= 0.3 is 5.97 Å². The van der Waals surface area contributed by atoms with Crippen molar-refractivity contribution in [3.05, 3.63) is 35.9 Å². The van der Waals surface area contributed by atoms with Gasteiger partial charge in [0.25, 0.3) is 0 Å². The van der Waals surface area contributed by atoms with E-state index in [1.807, 2.05) is 36.6 Å². The lowest BCUT2D eigenvalue weighted by atomic mass is 10.1. The maximum absolute atomic E-state index is 12.4. The molecular formula is C18H27N3O5S. The molecule has 2 amide bonds. The van der Waals surface area contributed by atoms with Crippen molar-refractivity contribution >= 4 is 29.5 Å². The Morgan fingerprint density at radius 1 is 1.15 bits per heavy atom. The average molecular weight is 397 g/mol. The summed E-state index contributed by atoms with van der Waals surface area (Å²) < 4.78 is 0. The van der Waals surface area contributed by atoms with Gasteiger partial charge in [-0.3, -0.25) is 9.59 Å². The van der Waals surface area contributed by atoms with Gasteiger partial charge in [0.05, 0.1) is 12.1 Å². The number of nitrogens with one attached hydrogen (secondary N) is 2. The summed E-state index contributed by atoms with van der Waals surface area (Å²) in [6, 6.07) is 6.02. The van der Waals surface area contributed by atoms with Gasteiger partial charge in [-0.2, -0.15) is 11.8 Å². The Balaban J connectivity index is 2.75. The fourth-order valence-electron chi connectivity index (χ4n) is 2.39. The van der Waals surface area contributed by atoms with Gasteiger partial charge in [0, 0.05) is 0 Å². The summed E-state index contributed by atoms with van der Waals surface area (Å²) in [7, 11) is 0. The molecule has 150 valence electrons. The number of carbonyl (C=O) groups excluding carboxylic acids is 2. The van der Waals surface area contributed by atoms with E-state index in [0.29, 0.717) is 18.6 Å². The molecule has 0 fully saturated rings. The molecular weight excluding hydrogens is 370 g/mol. The Hall–Kier alpha value is -2.10. The van der Waals surface area contributed by atoms with Crippen molar-refractivity contribution < 1.29 is 24.6 Å². The predicted octanol–water partition coefficient (Wildman–Crippen LogP) is -0.255. The molecule has 0 saturated heterocycles. The molecule has 0 unspecified atom stereocenters. The van der Waals surface area contributed by atoms with Crippen molar-refractivity contribution in [2.45, 2.75) is 44.0 Å². The van der Waals surface area contributed by atoms with Gasteiger partial charge in [-0.15, -0.1) is 0 Å². The number of nitrogens with two attached hydrogens (primary N) is 1. The van der Waals surface area contributed by atoms with E-state index in [9.17, 15) is 19.5 Å². The van der Waals surface area contributed by atoms with Crippen molar-refractivity contribution in [1.29, 1.82) is 0 Å². The fraction of sp³-hybridized carbons (Fsp3) is 0.500. The minimum Gasteiger partial charge on any atom is -0.480 e. The maximum atomic E-state index is 12.4. The molecule has 0 aliphatic heterocycles. The Bertz CT molecular complexity index is 627. The highest BCUT2D eigenvalue weighted by atomic mass is 32.2. The van der Waals surface area contributed by atoms with Gasteiger partial charge in [-0.25, -0.2) is 4.79 Å². The van der Waals surface area contributed by atoms with Crippen LogP contribution in [-0.2, 0) is 20.8 Å². The van der Waals surface area contributed by atoms with Gasteiger partial charge in [0.2, 0.25) is 11.8 Å². The highest BCUT2D eigenvalue weighted by molar-refractivity contribution is 7.98. The van der Waals surface area contributed by atoms with Crippen molar-refractivity contribution in [3.63, 3.8) is 0 Å². The number of aliphatic hydroxyl groups excluding tert-OH is 1. The summed E-state index contributed by atoms with van der Waals surface area (Å²) in [5, 5.41) is 23.5. The predicted molar refractivity (Wildman–Crippen MR) is 104 cm³/mol. The van der Waals surface area contributed by atoms with Crippen LogP contribution < -0.4 is 16.4 Å². The number of amides is 2. The quantitative estimate of drug-likeness (QED) is 0.346. The Kier molecular flexibility index (Phi) is 9.84. The average Bonchev–Trinajstić information content (AvgIpc) is 2.62. The van der Waals surface area contributed by atoms with Crippen LogP contribution in [0.1, 0.15) is 18.9 Å². The summed E-state index contributed by atoms with van der Waals surface area (Å²) in [6.45, 7) is 1.27. The second kappa shape index (κ2) is 11.6. The van der Waals surface area contributed by atoms with E-state index in [0.717, 1.165) is 5.56 Å². The van der Waals surface area contributed by atoms with E-state index in [-0.39, 0.29) is 0 Å². The monoisotopic (exact) mass is 397 g/mol. The molecule has 8 nitrogen and oxygen atoms in total.